The molecule has 0 bridgehead atoms. The Bertz CT molecular complexity index is 111. The molecule has 0 saturated heterocycles. The molecule has 0 aromatic carbocycles. The van der Waals surface area contributed by atoms with Gasteiger partial charge in [0.15, 0.2) is 0 Å². The van der Waals surface area contributed by atoms with E-state index in [9.17, 15) is 0 Å². The molecular weight excluding hydrogens is 160 g/mol. The van der Waals surface area contributed by atoms with Crippen molar-refractivity contribution >= 4 is 0 Å². The summed E-state index contributed by atoms with van der Waals surface area (Å²) in [6.07, 6.45) is 2.63. The zero-order valence-electron chi connectivity index (χ0n) is 9.93. The van der Waals surface area contributed by atoms with Crippen LogP contribution >= 0.6 is 0 Å². The van der Waals surface area contributed by atoms with Crippen LogP contribution in [0.15, 0.2) is 0 Å². The Morgan fingerprint density at radius 1 is 1.15 bits per heavy atom. The predicted molar refractivity (Wildman–Crippen MR) is 60.1 cm³/mol. The van der Waals surface area contributed by atoms with E-state index in [0.29, 0.717) is 6.04 Å². The van der Waals surface area contributed by atoms with Crippen LogP contribution in [0.1, 0.15) is 33.6 Å². The van der Waals surface area contributed by atoms with Crippen molar-refractivity contribution in [3.8, 4) is 0 Å². The summed E-state index contributed by atoms with van der Waals surface area (Å²) < 4.78 is 0. The molecule has 0 aromatic heterocycles. The lowest BCUT2D eigenvalue weighted by atomic mass is 10.0. The van der Waals surface area contributed by atoms with Gasteiger partial charge in [-0.1, -0.05) is 20.8 Å². The summed E-state index contributed by atoms with van der Waals surface area (Å²) in [6.45, 7) is 8.94. The zero-order valence-corrected chi connectivity index (χ0v) is 9.93. The Balaban J connectivity index is 3.67. The van der Waals surface area contributed by atoms with E-state index in [0.717, 1.165) is 19.0 Å². The molecule has 0 aliphatic rings. The Labute approximate surface area is 83.7 Å². The van der Waals surface area contributed by atoms with Crippen molar-refractivity contribution in [2.45, 2.75) is 39.7 Å². The third kappa shape index (κ3) is 7.03. The van der Waals surface area contributed by atoms with Gasteiger partial charge < -0.3 is 10.2 Å². The van der Waals surface area contributed by atoms with Gasteiger partial charge in [-0.15, -0.1) is 0 Å². The predicted octanol–water partition coefficient (Wildman–Crippen LogP) is 1.96. The second kappa shape index (κ2) is 7.34. The van der Waals surface area contributed by atoms with Crippen molar-refractivity contribution in [2.24, 2.45) is 5.92 Å². The molecule has 0 heterocycles. The molecule has 1 unspecified atom stereocenters. The van der Waals surface area contributed by atoms with Crippen molar-refractivity contribution < 1.29 is 0 Å². The molecule has 0 aliphatic carbocycles. The summed E-state index contributed by atoms with van der Waals surface area (Å²) >= 11 is 0. The van der Waals surface area contributed by atoms with Gasteiger partial charge in [0.05, 0.1) is 0 Å². The molecule has 0 spiro atoms. The quantitative estimate of drug-likeness (QED) is 0.654. The van der Waals surface area contributed by atoms with Crippen molar-refractivity contribution in [1.82, 2.24) is 10.2 Å². The summed E-state index contributed by atoms with van der Waals surface area (Å²) in [7, 11) is 4.34. The average Bonchev–Trinajstić information content (AvgIpc) is 2.03. The van der Waals surface area contributed by atoms with Gasteiger partial charge in [0, 0.05) is 12.6 Å². The largest absolute Gasteiger partial charge is 0.315 e. The molecule has 80 valence electrons. The Kier molecular flexibility index (Phi) is 7.29. The molecule has 0 aromatic rings. The van der Waals surface area contributed by atoms with Gasteiger partial charge in [-0.2, -0.15) is 0 Å². The minimum Gasteiger partial charge on any atom is -0.315 e. The van der Waals surface area contributed by atoms with Gasteiger partial charge in [0.1, 0.15) is 0 Å². The third-order valence-electron chi connectivity index (χ3n) is 2.44. The summed E-state index contributed by atoms with van der Waals surface area (Å²) in [6, 6.07) is 0.697. The Morgan fingerprint density at radius 3 is 2.15 bits per heavy atom. The maximum Gasteiger partial charge on any atom is 0.0214 e. The number of nitrogens with one attached hydrogen (secondary N) is 1. The van der Waals surface area contributed by atoms with E-state index in [2.05, 4.69) is 45.1 Å². The van der Waals surface area contributed by atoms with Crippen molar-refractivity contribution in [3.63, 3.8) is 0 Å². The fourth-order valence-electron chi connectivity index (χ4n) is 1.38. The monoisotopic (exact) mass is 186 g/mol. The van der Waals surface area contributed by atoms with Crippen molar-refractivity contribution in [2.75, 3.05) is 27.2 Å². The topological polar surface area (TPSA) is 15.3 Å². The lowest BCUT2D eigenvalue weighted by molar-refractivity contribution is 0.257. The molecule has 2 nitrogen and oxygen atoms in total. The van der Waals surface area contributed by atoms with Gasteiger partial charge in [-0.25, -0.2) is 0 Å². The van der Waals surface area contributed by atoms with E-state index >= 15 is 0 Å². The summed E-state index contributed by atoms with van der Waals surface area (Å²) in [4.78, 5) is 2.32. The lowest BCUT2D eigenvalue weighted by Gasteiger charge is -2.25. The SMILES string of the molecule is CCNCC(CCC(C)C)N(C)C. The van der Waals surface area contributed by atoms with Crippen LogP contribution in [0.3, 0.4) is 0 Å². The number of rotatable bonds is 7. The van der Waals surface area contributed by atoms with Crippen LogP contribution in [-0.4, -0.2) is 38.1 Å². The molecule has 0 saturated carbocycles. The molecule has 1 N–H and O–H groups in total. The van der Waals surface area contributed by atoms with E-state index in [-0.39, 0.29) is 0 Å². The van der Waals surface area contributed by atoms with Gasteiger partial charge >= 0.3 is 0 Å². The highest BCUT2D eigenvalue weighted by atomic mass is 15.1. The minimum atomic E-state index is 0.697. The highest BCUT2D eigenvalue weighted by molar-refractivity contribution is 4.69. The zero-order chi connectivity index (χ0) is 10.3. The number of likely N-dealkylation sites (N-methyl/N-ethyl adjacent to an activating group) is 2. The highest BCUT2D eigenvalue weighted by Gasteiger charge is 2.10. The molecule has 0 fully saturated rings. The second-order valence-corrected chi connectivity index (χ2v) is 4.40. The molecule has 0 radical (unpaired) electrons. The van der Waals surface area contributed by atoms with Crippen LogP contribution in [0.2, 0.25) is 0 Å². The van der Waals surface area contributed by atoms with Crippen LogP contribution in [0.5, 0.6) is 0 Å². The van der Waals surface area contributed by atoms with Gasteiger partial charge in [0.25, 0.3) is 0 Å². The first-order valence-electron chi connectivity index (χ1n) is 5.45. The molecule has 0 rings (SSSR count). The van der Waals surface area contributed by atoms with E-state index in [1.165, 1.54) is 12.8 Å². The van der Waals surface area contributed by atoms with Gasteiger partial charge in [-0.3, -0.25) is 0 Å². The third-order valence-corrected chi connectivity index (χ3v) is 2.44. The van der Waals surface area contributed by atoms with Crippen molar-refractivity contribution in [1.29, 1.82) is 0 Å². The summed E-state index contributed by atoms with van der Waals surface area (Å²) in [5.41, 5.74) is 0. The summed E-state index contributed by atoms with van der Waals surface area (Å²) in [5.74, 6) is 0.823. The number of nitrogens with zero attached hydrogens (tertiary/aromatic N) is 1. The molecular formula is C11H26N2. The van der Waals surface area contributed by atoms with E-state index in [1.54, 1.807) is 0 Å². The van der Waals surface area contributed by atoms with Crippen LogP contribution in [0.4, 0.5) is 0 Å². The fraction of sp³-hybridized carbons (Fsp3) is 1.00. The van der Waals surface area contributed by atoms with Crippen molar-refractivity contribution in [3.05, 3.63) is 0 Å². The van der Waals surface area contributed by atoms with E-state index in [4.69, 9.17) is 0 Å². The fourth-order valence-corrected chi connectivity index (χ4v) is 1.38. The maximum absolute atomic E-state index is 3.41. The molecule has 0 aliphatic heterocycles. The maximum atomic E-state index is 3.41. The molecule has 1 atom stereocenters. The minimum absolute atomic E-state index is 0.697. The van der Waals surface area contributed by atoms with E-state index in [1.807, 2.05) is 0 Å². The Hall–Kier alpha value is -0.0800. The number of hydrogen-bond acceptors (Lipinski definition) is 2. The first-order valence-corrected chi connectivity index (χ1v) is 5.45. The molecule has 2 heteroatoms. The lowest BCUT2D eigenvalue weighted by Crippen LogP contribution is -2.38. The standard InChI is InChI=1S/C11H26N2/c1-6-12-9-11(13(4)5)8-7-10(2)3/h10-12H,6-9H2,1-5H3. The van der Waals surface area contributed by atoms with Crippen LogP contribution in [-0.2, 0) is 0 Å². The highest BCUT2D eigenvalue weighted by Crippen LogP contribution is 2.09. The van der Waals surface area contributed by atoms with Gasteiger partial charge in [-0.05, 0) is 39.4 Å². The average molecular weight is 186 g/mol. The van der Waals surface area contributed by atoms with Crippen LogP contribution < -0.4 is 5.32 Å². The number of hydrogen-bond donors (Lipinski definition) is 1. The van der Waals surface area contributed by atoms with E-state index < -0.39 is 0 Å². The summed E-state index contributed by atoms with van der Waals surface area (Å²) in [5, 5.41) is 3.41. The molecule has 0 amide bonds. The smallest absolute Gasteiger partial charge is 0.0214 e. The Morgan fingerprint density at radius 2 is 1.77 bits per heavy atom. The van der Waals surface area contributed by atoms with Crippen LogP contribution in [0.25, 0.3) is 0 Å². The normalized spacial score (nSPS) is 14.1. The first kappa shape index (κ1) is 12.9. The first-order chi connectivity index (χ1) is 6.07. The molecule has 13 heavy (non-hydrogen) atoms. The second-order valence-electron chi connectivity index (χ2n) is 4.40. The van der Waals surface area contributed by atoms with Gasteiger partial charge in [0.2, 0.25) is 0 Å². The van der Waals surface area contributed by atoms with Crippen LogP contribution in [0, 0.1) is 5.92 Å².